The van der Waals surface area contributed by atoms with E-state index in [9.17, 15) is 4.39 Å². The highest BCUT2D eigenvalue weighted by atomic mass is 19.1. The summed E-state index contributed by atoms with van der Waals surface area (Å²) in [6.45, 7) is 10.2. The summed E-state index contributed by atoms with van der Waals surface area (Å²) in [4.78, 5) is 11.3. The summed E-state index contributed by atoms with van der Waals surface area (Å²) in [5.74, 6) is 0.684. The number of halogens is 1. The molecule has 36 heavy (non-hydrogen) atoms. The molecule has 0 bridgehead atoms. The van der Waals surface area contributed by atoms with Crippen molar-refractivity contribution in [2.45, 2.75) is 39.7 Å². The number of hydrogen-bond donors (Lipinski definition) is 1. The van der Waals surface area contributed by atoms with Gasteiger partial charge in [-0.05, 0) is 61.1 Å². The minimum Gasteiger partial charge on any atom is -0.441 e. The van der Waals surface area contributed by atoms with E-state index in [4.69, 9.17) is 9.52 Å². The van der Waals surface area contributed by atoms with Crippen molar-refractivity contribution in [2.75, 3.05) is 13.1 Å². The van der Waals surface area contributed by atoms with Gasteiger partial charge in [-0.1, -0.05) is 32.0 Å². The molecule has 2 aromatic heterocycles. The highest BCUT2D eigenvalue weighted by Gasteiger charge is 2.45. The molecule has 1 unspecified atom stereocenters. The quantitative estimate of drug-likeness (QED) is 0.421. The Labute approximate surface area is 209 Å². The summed E-state index contributed by atoms with van der Waals surface area (Å²) < 4.78 is 21.5. The summed E-state index contributed by atoms with van der Waals surface area (Å²) in [5.41, 5.74) is 9.42. The summed E-state index contributed by atoms with van der Waals surface area (Å²) in [7, 11) is 0. The van der Waals surface area contributed by atoms with Gasteiger partial charge in [-0.15, -0.1) is 0 Å². The third kappa shape index (κ3) is 3.68. The zero-order valence-electron chi connectivity index (χ0n) is 20.9. The molecule has 7 nitrogen and oxygen atoms in total. The van der Waals surface area contributed by atoms with Crippen LogP contribution in [0.4, 0.5) is 4.39 Å². The number of imidazole rings is 1. The Morgan fingerprint density at radius 1 is 1.08 bits per heavy atom. The predicted molar refractivity (Wildman–Crippen MR) is 138 cm³/mol. The molecule has 1 fully saturated rings. The third-order valence-electron chi connectivity index (χ3n) is 7.28. The molecule has 184 valence electrons. The Kier molecular flexibility index (Phi) is 5.03. The molecular formula is C28H29FN6O. The lowest BCUT2D eigenvalue weighted by molar-refractivity contribution is 0.106. The number of nitrogens with one attached hydrogen (secondary N) is 1. The van der Waals surface area contributed by atoms with Crippen LogP contribution in [0.1, 0.15) is 44.0 Å². The molecule has 6 rings (SSSR count). The third-order valence-corrected chi connectivity index (χ3v) is 7.28. The van der Waals surface area contributed by atoms with Crippen molar-refractivity contribution in [1.82, 2.24) is 24.9 Å². The van der Waals surface area contributed by atoms with E-state index < -0.39 is 0 Å². The summed E-state index contributed by atoms with van der Waals surface area (Å²) in [5, 5.41) is 4.76. The van der Waals surface area contributed by atoms with Crippen molar-refractivity contribution >= 4 is 23.0 Å². The van der Waals surface area contributed by atoms with E-state index in [0.29, 0.717) is 12.1 Å². The fourth-order valence-electron chi connectivity index (χ4n) is 5.43. The van der Waals surface area contributed by atoms with Gasteiger partial charge in [0.05, 0.1) is 29.8 Å². The molecule has 0 aliphatic carbocycles. The average Bonchev–Trinajstić information content (AvgIpc) is 3.50. The molecule has 0 spiro atoms. The van der Waals surface area contributed by atoms with Crippen LogP contribution >= 0.6 is 0 Å². The van der Waals surface area contributed by atoms with E-state index in [1.165, 1.54) is 18.5 Å². The lowest BCUT2D eigenvalue weighted by atomic mass is 9.76. The van der Waals surface area contributed by atoms with Crippen molar-refractivity contribution in [2.24, 2.45) is 10.5 Å². The van der Waals surface area contributed by atoms with E-state index >= 15 is 0 Å². The molecule has 8 heteroatoms. The Bertz CT molecular complexity index is 1510. The van der Waals surface area contributed by atoms with Crippen LogP contribution in [0.25, 0.3) is 22.9 Å². The first-order valence-electron chi connectivity index (χ1n) is 12.2. The maximum Gasteiger partial charge on any atom is 0.182 e. The molecule has 4 heterocycles. The minimum absolute atomic E-state index is 0.0146. The van der Waals surface area contributed by atoms with Gasteiger partial charge < -0.3 is 19.3 Å². The molecule has 0 amide bonds. The van der Waals surface area contributed by atoms with Crippen LogP contribution in [0.15, 0.2) is 70.4 Å². The zero-order valence-corrected chi connectivity index (χ0v) is 20.9. The van der Waals surface area contributed by atoms with Gasteiger partial charge in [-0.3, -0.25) is 0 Å². The van der Waals surface area contributed by atoms with Gasteiger partial charge in [0.2, 0.25) is 0 Å². The van der Waals surface area contributed by atoms with E-state index in [0.717, 1.165) is 52.4 Å². The second kappa shape index (κ2) is 8.05. The van der Waals surface area contributed by atoms with Crippen molar-refractivity contribution in [1.29, 1.82) is 0 Å². The number of hydrazone groups is 1. The fraction of sp³-hybridized carbons (Fsp3) is 0.321. The molecule has 2 aromatic carbocycles. The number of fused-ring (bicyclic) bond motifs is 2. The Hall–Kier alpha value is -3.94. The summed E-state index contributed by atoms with van der Waals surface area (Å²) >= 11 is 0. The topological polar surface area (TPSA) is 71.5 Å². The molecule has 0 radical (unpaired) electrons. The SMILES string of the molecule is Cc1cn(-c2ccc(/C=C3\CC(C)(C)CN4C3=NNCC4(C)c3ccc(F)cc3)c3ncoc23)cn1. The van der Waals surface area contributed by atoms with Gasteiger partial charge >= 0.3 is 0 Å². The van der Waals surface area contributed by atoms with Gasteiger partial charge in [-0.2, -0.15) is 5.10 Å². The maximum atomic E-state index is 13.7. The van der Waals surface area contributed by atoms with Gasteiger partial charge in [-0.25, -0.2) is 14.4 Å². The fourth-order valence-corrected chi connectivity index (χ4v) is 5.43. The maximum absolute atomic E-state index is 13.7. The number of benzene rings is 2. The summed E-state index contributed by atoms with van der Waals surface area (Å²) in [6, 6.07) is 10.9. The first-order valence-corrected chi connectivity index (χ1v) is 12.2. The van der Waals surface area contributed by atoms with Crippen LogP contribution in [0.3, 0.4) is 0 Å². The number of aryl methyl sites for hydroxylation is 1. The molecule has 2 aliphatic rings. The molecule has 1 atom stereocenters. The molecule has 4 aromatic rings. The number of rotatable bonds is 3. The monoisotopic (exact) mass is 484 g/mol. The van der Waals surface area contributed by atoms with Gasteiger partial charge in [0.25, 0.3) is 0 Å². The van der Waals surface area contributed by atoms with Crippen molar-refractivity contribution in [3.63, 3.8) is 0 Å². The first-order chi connectivity index (χ1) is 17.2. The molecular weight excluding hydrogens is 455 g/mol. The number of oxazole rings is 1. The van der Waals surface area contributed by atoms with Gasteiger partial charge in [0, 0.05) is 18.3 Å². The van der Waals surface area contributed by atoms with E-state index in [2.05, 4.69) is 53.2 Å². The lowest BCUT2D eigenvalue weighted by Crippen LogP contribution is -2.61. The zero-order chi connectivity index (χ0) is 25.1. The molecule has 1 N–H and O–H groups in total. The van der Waals surface area contributed by atoms with Crippen molar-refractivity contribution < 1.29 is 8.81 Å². The highest BCUT2D eigenvalue weighted by molar-refractivity contribution is 6.05. The average molecular weight is 485 g/mol. The van der Waals surface area contributed by atoms with Crippen LogP contribution in [0, 0.1) is 18.2 Å². The first kappa shape index (κ1) is 22.5. The predicted octanol–water partition coefficient (Wildman–Crippen LogP) is 5.41. The van der Waals surface area contributed by atoms with Crippen molar-refractivity contribution in [3.8, 4) is 5.69 Å². The number of piperidine rings is 1. The second-order valence-corrected chi connectivity index (χ2v) is 10.8. The van der Waals surface area contributed by atoms with E-state index in [1.807, 2.05) is 35.9 Å². The largest absolute Gasteiger partial charge is 0.441 e. The van der Waals surface area contributed by atoms with Gasteiger partial charge in [0.15, 0.2) is 17.8 Å². The standard InChI is InChI=1S/C28H29FN6O/c1-18-13-34(16-30-18)23-10-5-19(24-25(23)36-17-31-24)11-20-12-27(2,3)15-35-26(20)33-32-14-28(35,4)21-6-8-22(29)9-7-21/h5-11,13,16-17,32H,12,14-15H2,1-4H3/b20-11+. The van der Waals surface area contributed by atoms with Crippen LogP contribution in [0.5, 0.6) is 0 Å². The Morgan fingerprint density at radius 3 is 2.64 bits per heavy atom. The van der Waals surface area contributed by atoms with Gasteiger partial charge in [0.1, 0.15) is 11.3 Å². The van der Waals surface area contributed by atoms with Crippen LogP contribution < -0.4 is 5.43 Å². The lowest BCUT2D eigenvalue weighted by Gasteiger charge is -2.52. The molecule has 1 saturated heterocycles. The highest BCUT2D eigenvalue weighted by Crippen LogP contribution is 2.42. The number of aromatic nitrogens is 3. The molecule has 0 saturated carbocycles. The smallest absolute Gasteiger partial charge is 0.182 e. The van der Waals surface area contributed by atoms with Crippen LogP contribution in [-0.4, -0.2) is 38.4 Å². The van der Waals surface area contributed by atoms with Crippen molar-refractivity contribution in [3.05, 3.63) is 83.5 Å². The minimum atomic E-state index is -0.367. The number of hydrogen-bond acceptors (Lipinski definition) is 6. The Balaban J connectivity index is 1.44. The van der Waals surface area contributed by atoms with Crippen LogP contribution in [-0.2, 0) is 5.54 Å². The van der Waals surface area contributed by atoms with E-state index in [1.54, 1.807) is 6.33 Å². The van der Waals surface area contributed by atoms with E-state index in [-0.39, 0.29) is 16.8 Å². The number of nitrogens with zero attached hydrogens (tertiary/aromatic N) is 5. The molecule has 2 aliphatic heterocycles. The second-order valence-electron chi connectivity index (χ2n) is 10.8. The summed E-state index contributed by atoms with van der Waals surface area (Å²) in [6.07, 6.45) is 8.28. The normalized spacial score (nSPS) is 22.4. The number of amidine groups is 1. The van der Waals surface area contributed by atoms with Crippen LogP contribution in [0.2, 0.25) is 0 Å². The Morgan fingerprint density at radius 2 is 1.89 bits per heavy atom.